The molecule has 0 saturated carbocycles. The van der Waals surface area contributed by atoms with Gasteiger partial charge in [-0.05, 0) is 18.4 Å². The SMILES string of the molecule is CCC(CC)CC(=O)Cc1ccc(C)cc1. The summed E-state index contributed by atoms with van der Waals surface area (Å²) in [5.41, 5.74) is 2.39. The lowest BCUT2D eigenvalue weighted by atomic mass is 9.94. The van der Waals surface area contributed by atoms with Gasteiger partial charge in [-0.2, -0.15) is 0 Å². The van der Waals surface area contributed by atoms with E-state index in [0.29, 0.717) is 18.1 Å². The van der Waals surface area contributed by atoms with Crippen molar-refractivity contribution in [1.29, 1.82) is 0 Å². The molecule has 0 aromatic heterocycles. The van der Waals surface area contributed by atoms with Gasteiger partial charge in [-0.15, -0.1) is 0 Å². The Balaban J connectivity index is 2.48. The number of hydrogen-bond acceptors (Lipinski definition) is 1. The van der Waals surface area contributed by atoms with Crippen LogP contribution in [0.2, 0.25) is 0 Å². The minimum Gasteiger partial charge on any atom is -0.299 e. The van der Waals surface area contributed by atoms with Gasteiger partial charge in [0.05, 0.1) is 0 Å². The summed E-state index contributed by atoms with van der Waals surface area (Å²) in [7, 11) is 0. The molecule has 0 aliphatic rings. The molecule has 0 N–H and O–H groups in total. The Morgan fingerprint density at radius 3 is 2.19 bits per heavy atom. The summed E-state index contributed by atoms with van der Waals surface area (Å²) in [5, 5.41) is 0. The molecule has 0 radical (unpaired) electrons. The van der Waals surface area contributed by atoms with Crippen LogP contribution in [-0.2, 0) is 11.2 Å². The van der Waals surface area contributed by atoms with Crippen molar-refractivity contribution in [3.63, 3.8) is 0 Å². The largest absolute Gasteiger partial charge is 0.299 e. The molecule has 1 nitrogen and oxygen atoms in total. The second-order valence-electron chi connectivity index (χ2n) is 4.59. The maximum Gasteiger partial charge on any atom is 0.137 e. The predicted octanol–water partition coefficient (Wildman–Crippen LogP) is 3.93. The number of ketones is 1. The molecule has 1 aromatic carbocycles. The Hall–Kier alpha value is -1.11. The van der Waals surface area contributed by atoms with Crippen LogP contribution in [0, 0.1) is 12.8 Å². The predicted molar refractivity (Wildman–Crippen MR) is 68.6 cm³/mol. The lowest BCUT2D eigenvalue weighted by molar-refractivity contribution is -0.119. The van der Waals surface area contributed by atoms with E-state index in [9.17, 15) is 4.79 Å². The van der Waals surface area contributed by atoms with Gasteiger partial charge in [0.2, 0.25) is 0 Å². The van der Waals surface area contributed by atoms with Gasteiger partial charge in [0.15, 0.2) is 0 Å². The Morgan fingerprint density at radius 2 is 1.69 bits per heavy atom. The van der Waals surface area contributed by atoms with Crippen molar-refractivity contribution < 1.29 is 4.79 Å². The lowest BCUT2D eigenvalue weighted by Gasteiger charge is -2.10. The summed E-state index contributed by atoms with van der Waals surface area (Å²) in [6.07, 6.45) is 3.55. The first kappa shape index (κ1) is 13.0. The van der Waals surface area contributed by atoms with Gasteiger partial charge in [0, 0.05) is 12.8 Å². The Morgan fingerprint density at radius 1 is 1.12 bits per heavy atom. The molecule has 0 fully saturated rings. The third-order valence-electron chi connectivity index (χ3n) is 3.19. The van der Waals surface area contributed by atoms with Gasteiger partial charge in [0.1, 0.15) is 5.78 Å². The van der Waals surface area contributed by atoms with Crippen molar-refractivity contribution in [1.82, 2.24) is 0 Å². The molecular formula is C15H22O. The average Bonchev–Trinajstić information content (AvgIpc) is 2.29. The molecule has 0 spiro atoms. The second-order valence-corrected chi connectivity index (χ2v) is 4.59. The van der Waals surface area contributed by atoms with Crippen molar-refractivity contribution in [2.75, 3.05) is 0 Å². The molecule has 1 heteroatoms. The van der Waals surface area contributed by atoms with Crippen molar-refractivity contribution in [3.05, 3.63) is 35.4 Å². The maximum absolute atomic E-state index is 11.8. The van der Waals surface area contributed by atoms with E-state index in [1.165, 1.54) is 5.56 Å². The Kier molecular flexibility index (Phi) is 5.24. The summed E-state index contributed by atoms with van der Waals surface area (Å²) in [5.74, 6) is 0.940. The molecule has 0 aliphatic carbocycles. The van der Waals surface area contributed by atoms with Crippen LogP contribution in [0.5, 0.6) is 0 Å². The molecule has 0 amide bonds. The molecule has 0 aliphatic heterocycles. The molecule has 0 unspecified atom stereocenters. The fourth-order valence-corrected chi connectivity index (χ4v) is 1.91. The number of carbonyl (C=O) groups is 1. The van der Waals surface area contributed by atoms with Gasteiger partial charge in [-0.3, -0.25) is 4.79 Å². The molecule has 0 saturated heterocycles. The maximum atomic E-state index is 11.8. The van der Waals surface area contributed by atoms with Crippen LogP contribution in [0.15, 0.2) is 24.3 Å². The first-order chi connectivity index (χ1) is 7.65. The number of aryl methyl sites for hydroxylation is 1. The summed E-state index contributed by atoms with van der Waals surface area (Å²) < 4.78 is 0. The minimum absolute atomic E-state index is 0.373. The molecule has 16 heavy (non-hydrogen) atoms. The van der Waals surface area contributed by atoms with E-state index in [1.54, 1.807) is 0 Å². The number of rotatable bonds is 6. The van der Waals surface area contributed by atoms with Crippen molar-refractivity contribution in [2.24, 2.45) is 5.92 Å². The summed E-state index contributed by atoms with van der Waals surface area (Å²) in [6, 6.07) is 8.25. The molecule has 1 rings (SSSR count). The normalized spacial score (nSPS) is 10.8. The fourth-order valence-electron chi connectivity index (χ4n) is 1.91. The number of carbonyl (C=O) groups excluding carboxylic acids is 1. The summed E-state index contributed by atoms with van der Waals surface area (Å²) in [4.78, 5) is 11.8. The highest BCUT2D eigenvalue weighted by Gasteiger charge is 2.10. The van der Waals surface area contributed by atoms with Gasteiger partial charge in [-0.25, -0.2) is 0 Å². The van der Waals surface area contributed by atoms with E-state index in [4.69, 9.17) is 0 Å². The molecule has 88 valence electrons. The van der Waals surface area contributed by atoms with Crippen LogP contribution in [0.25, 0.3) is 0 Å². The van der Waals surface area contributed by atoms with E-state index < -0.39 is 0 Å². The zero-order valence-electron chi connectivity index (χ0n) is 10.6. The monoisotopic (exact) mass is 218 g/mol. The van der Waals surface area contributed by atoms with Gasteiger partial charge in [0.25, 0.3) is 0 Å². The lowest BCUT2D eigenvalue weighted by Crippen LogP contribution is -2.09. The van der Waals surface area contributed by atoms with E-state index in [-0.39, 0.29) is 0 Å². The van der Waals surface area contributed by atoms with Gasteiger partial charge in [-0.1, -0.05) is 56.5 Å². The Labute approximate surface area is 98.9 Å². The molecule has 0 atom stereocenters. The topological polar surface area (TPSA) is 17.1 Å². The average molecular weight is 218 g/mol. The summed E-state index contributed by atoms with van der Waals surface area (Å²) >= 11 is 0. The minimum atomic E-state index is 0.373. The fraction of sp³-hybridized carbons (Fsp3) is 0.533. The zero-order valence-corrected chi connectivity index (χ0v) is 10.6. The highest BCUT2D eigenvalue weighted by molar-refractivity contribution is 5.81. The van der Waals surface area contributed by atoms with E-state index in [1.807, 2.05) is 0 Å². The molecule has 0 bridgehead atoms. The highest BCUT2D eigenvalue weighted by Crippen LogP contribution is 2.14. The zero-order chi connectivity index (χ0) is 12.0. The van der Waals surface area contributed by atoms with Crippen LogP contribution in [-0.4, -0.2) is 5.78 Å². The van der Waals surface area contributed by atoms with Crippen LogP contribution >= 0.6 is 0 Å². The van der Waals surface area contributed by atoms with Gasteiger partial charge < -0.3 is 0 Å². The standard InChI is InChI=1S/C15H22O/c1-4-13(5-2)10-15(16)11-14-8-6-12(3)7-9-14/h6-9,13H,4-5,10-11H2,1-3H3. The van der Waals surface area contributed by atoms with Crippen LogP contribution in [0.1, 0.15) is 44.2 Å². The van der Waals surface area contributed by atoms with E-state index in [2.05, 4.69) is 45.0 Å². The van der Waals surface area contributed by atoms with Crippen molar-refractivity contribution >= 4 is 5.78 Å². The third-order valence-corrected chi connectivity index (χ3v) is 3.19. The number of hydrogen-bond donors (Lipinski definition) is 0. The van der Waals surface area contributed by atoms with Crippen LogP contribution in [0.4, 0.5) is 0 Å². The first-order valence-corrected chi connectivity index (χ1v) is 6.23. The molecular weight excluding hydrogens is 196 g/mol. The van der Waals surface area contributed by atoms with Gasteiger partial charge >= 0.3 is 0 Å². The molecule has 1 aromatic rings. The third kappa shape index (κ3) is 4.18. The van der Waals surface area contributed by atoms with Crippen molar-refractivity contribution in [2.45, 2.75) is 46.5 Å². The van der Waals surface area contributed by atoms with Crippen molar-refractivity contribution in [3.8, 4) is 0 Å². The first-order valence-electron chi connectivity index (χ1n) is 6.23. The Bertz CT molecular complexity index is 320. The van der Waals surface area contributed by atoms with E-state index >= 15 is 0 Å². The number of Topliss-reactive ketones (excluding diaryl/α,β-unsaturated/α-hetero) is 1. The quantitative estimate of drug-likeness (QED) is 0.707. The number of benzene rings is 1. The van der Waals surface area contributed by atoms with E-state index in [0.717, 1.165) is 24.8 Å². The summed E-state index contributed by atoms with van der Waals surface area (Å²) in [6.45, 7) is 6.39. The highest BCUT2D eigenvalue weighted by atomic mass is 16.1. The second kappa shape index (κ2) is 6.47. The molecule has 0 heterocycles. The van der Waals surface area contributed by atoms with Crippen LogP contribution < -0.4 is 0 Å². The smallest absolute Gasteiger partial charge is 0.137 e. The van der Waals surface area contributed by atoms with Crippen LogP contribution in [0.3, 0.4) is 0 Å².